The number of nitrogens with zero attached hydrogens (tertiary/aromatic N) is 1. The molecule has 3 aromatic rings. The second kappa shape index (κ2) is 7.57. The van der Waals surface area contributed by atoms with E-state index in [0.29, 0.717) is 11.9 Å². The van der Waals surface area contributed by atoms with E-state index in [1.807, 2.05) is 0 Å². The quantitative estimate of drug-likeness (QED) is 0.650. The normalized spacial score (nSPS) is 11.6. The predicted molar refractivity (Wildman–Crippen MR) is 105 cm³/mol. The molecule has 28 heavy (non-hydrogen) atoms. The highest BCUT2D eigenvalue weighted by Crippen LogP contribution is 2.19. The number of benzene rings is 2. The van der Waals surface area contributed by atoms with E-state index in [2.05, 4.69) is 0 Å². The zero-order valence-corrected chi connectivity index (χ0v) is 15.9. The van der Waals surface area contributed by atoms with Gasteiger partial charge in [-0.05, 0) is 41.8 Å². The Morgan fingerprint density at radius 3 is 2.46 bits per heavy atom. The molecular weight excluding hydrogens is 382 g/mol. The summed E-state index contributed by atoms with van der Waals surface area (Å²) in [6, 6.07) is 11.7. The van der Waals surface area contributed by atoms with E-state index in [4.69, 9.17) is 0 Å². The first-order valence-electron chi connectivity index (χ1n) is 8.50. The van der Waals surface area contributed by atoms with Crippen LogP contribution in [-0.2, 0) is 22.8 Å². The number of pyridine rings is 1. The number of fused-ring (bicyclic) bond motifs is 1. The molecule has 2 N–H and O–H groups in total. The molecule has 0 radical (unpaired) electrons. The lowest BCUT2D eigenvalue weighted by Gasteiger charge is -2.12. The van der Waals surface area contributed by atoms with Gasteiger partial charge in [-0.2, -0.15) is 0 Å². The van der Waals surface area contributed by atoms with Crippen LogP contribution in [0, 0.1) is 0 Å². The van der Waals surface area contributed by atoms with Crippen molar-refractivity contribution in [2.24, 2.45) is 0 Å². The van der Waals surface area contributed by atoms with Crippen molar-refractivity contribution in [3.05, 3.63) is 75.6 Å². The summed E-state index contributed by atoms with van der Waals surface area (Å²) < 4.78 is 25.0. The Hall–Kier alpha value is -2.97. The lowest BCUT2D eigenvalue weighted by atomic mass is 10.0. The molecule has 0 aliphatic rings. The van der Waals surface area contributed by atoms with Gasteiger partial charge in [-0.3, -0.25) is 4.79 Å². The standard InChI is InChI=1S/C20H19NO6S/c1-28(26,27)15-4-2-3-13(10-15)9-14-5-6-18-16(11-14)19(23)17(20(24)25)12-21(18)7-8-22/h2-6,10-12,22H,7-9H2,1H3,(H,24,25). The number of aromatic carboxylic acids is 1. The van der Waals surface area contributed by atoms with Crippen LogP contribution in [0.4, 0.5) is 0 Å². The highest BCUT2D eigenvalue weighted by molar-refractivity contribution is 7.90. The van der Waals surface area contributed by atoms with Gasteiger partial charge in [0.1, 0.15) is 5.56 Å². The highest BCUT2D eigenvalue weighted by atomic mass is 32.2. The molecule has 1 aromatic heterocycles. The van der Waals surface area contributed by atoms with Crippen LogP contribution in [0.25, 0.3) is 10.9 Å². The van der Waals surface area contributed by atoms with Crippen LogP contribution in [0.5, 0.6) is 0 Å². The molecule has 0 saturated carbocycles. The number of carboxylic acid groups (broad SMARTS) is 1. The number of carbonyl (C=O) groups is 1. The fourth-order valence-electron chi connectivity index (χ4n) is 3.12. The second-order valence-corrected chi connectivity index (χ2v) is 8.56. The van der Waals surface area contributed by atoms with Gasteiger partial charge >= 0.3 is 5.97 Å². The maximum absolute atomic E-state index is 12.6. The number of rotatable bonds is 6. The fraction of sp³-hybridized carbons (Fsp3) is 0.200. The van der Waals surface area contributed by atoms with Crippen molar-refractivity contribution in [1.82, 2.24) is 4.57 Å². The van der Waals surface area contributed by atoms with E-state index in [0.717, 1.165) is 17.4 Å². The summed E-state index contributed by atoms with van der Waals surface area (Å²) in [5.41, 5.74) is 1.07. The van der Waals surface area contributed by atoms with Gasteiger partial charge in [-0.1, -0.05) is 18.2 Å². The molecule has 3 rings (SSSR count). The lowest BCUT2D eigenvalue weighted by molar-refractivity contribution is 0.0694. The van der Waals surface area contributed by atoms with Crippen molar-refractivity contribution < 1.29 is 23.4 Å². The molecule has 0 atom stereocenters. The van der Waals surface area contributed by atoms with Crippen LogP contribution in [0.15, 0.2) is 58.4 Å². The van der Waals surface area contributed by atoms with E-state index in [1.165, 1.54) is 16.8 Å². The number of aliphatic hydroxyl groups excluding tert-OH is 1. The Labute approximate surface area is 161 Å². The first kappa shape index (κ1) is 19.8. The third kappa shape index (κ3) is 3.97. The SMILES string of the molecule is CS(=O)(=O)c1cccc(Cc2ccc3c(c2)c(=O)c(C(=O)O)cn3CCO)c1. The van der Waals surface area contributed by atoms with Gasteiger partial charge in [0.15, 0.2) is 9.84 Å². The molecule has 0 saturated heterocycles. The monoisotopic (exact) mass is 401 g/mol. The maximum Gasteiger partial charge on any atom is 0.341 e. The van der Waals surface area contributed by atoms with Crippen molar-refractivity contribution >= 4 is 26.7 Å². The van der Waals surface area contributed by atoms with Gasteiger partial charge in [0.05, 0.1) is 17.0 Å². The number of aromatic nitrogens is 1. The molecule has 0 spiro atoms. The Morgan fingerprint density at radius 2 is 1.82 bits per heavy atom. The first-order valence-corrected chi connectivity index (χ1v) is 10.4. The predicted octanol–water partition coefficient (Wildman–Crippen LogP) is 1.69. The molecule has 2 aromatic carbocycles. The van der Waals surface area contributed by atoms with E-state index >= 15 is 0 Å². The maximum atomic E-state index is 12.6. The molecule has 0 aliphatic carbocycles. The summed E-state index contributed by atoms with van der Waals surface area (Å²) in [4.78, 5) is 24.2. The van der Waals surface area contributed by atoms with Crippen LogP contribution in [-0.4, -0.2) is 42.0 Å². The Balaban J connectivity index is 2.10. The molecular formula is C20H19NO6S. The molecule has 8 heteroatoms. The van der Waals surface area contributed by atoms with Crippen LogP contribution in [0.3, 0.4) is 0 Å². The number of aliphatic hydroxyl groups is 1. The van der Waals surface area contributed by atoms with E-state index in [9.17, 15) is 28.2 Å². The Morgan fingerprint density at radius 1 is 1.11 bits per heavy atom. The van der Waals surface area contributed by atoms with E-state index in [-0.39, 0.29) is 29.0 Å². The number of carboxylic acids is 1. The van der Waals surface area contributed by atoms with Gasteiger partial charge in [0, 0.05) is 24.4 Å². The summed E-state index contributed by atoms with van der Waals surface area (Å²) in [7, 11) is -3.33. The summed E-state index contributed by atoms with van der Waals surface area (Å²) in [5.74, 6) is -1.33. The van der Waals surface area contributed by atoms with Crippen LogP contribution >= 0.6 is 0 Å². The van der Waals surface area contributed by atoms with E-state index in [1.54, 1.807) is 36.4 Å². The molecule has 0 amide bonds. The number of sulfone groups is 1. The zero-order valence-electron chi connectivity index (χ0n) is 15.1. The molecule has 0 aliphatic heterocycles. The minimum Gasteiger partial charge on any atom is -0.477 e. The summed E-state index contributed by atoms with van der Waals surface area (Å²) in [6.45, 7) is -0.0378. The lowest BCUT2D eigenvalue weighted by Crippen LogP contribution is -2.19. The number of hydrogen-bond acceptors (Lipinski definition) is 5. The highest BCUT2D eigenvalue weighted by Gasteiger charge is 2.15. The van der Waals surface area contributed by atoms with Gasteiger partial charge in [0.25, 0.3) is 0 Å². The first-order chi connectivity index (χ1) is 13.2. The second-order valence-electron chi connectivity index (χ2n) is 6.54. The van der Waals surface area contributed by atoms with E-state index < -0.39 is 21.2 Å². The minimum absolute atomic E-state index is 0.160. The van der Waals surface area contributed by atoms with Crippen molar-refractivity contribution in [3.8, 4) is 0 Å². The summed E-state index contributed by atoms with van der Waals surface area (Å²) in [5, 5.41) is 18.8. The zero-order chi connectivity index (χ0) is 20.5. The number of hydrogen-bond donors (Lipinski definition) is 2. The molecule has 7 nitrogen and oxygen atoms in total. The minimum atomic E-state index is -3.33. The van der Waals surface area contributed by atoms with Crippen molar-refractivity contribution in [2.45, 2.75) is 17.9 Å². The Bertz CT molecular complexity index is 1230. The fourth-order valence-corrected chi connectivity index (χ4v) is 3.81. The molecule has 1 heterocycles. The van der Waals surface area contributed by atoms with Crippen molar-refractivity contribution in [1.29, 1.82) is 0 Å². The largest absolute Gasteiger partial charge is 0.477 e. The van der Waals surface area contributed by atoms with Crippen LogP contribution < -0.4 is 5.43 Å². The summed E-state index contributed by atoms with van der Waals surface area (Å²) in [6.07, 6.45) is 2.76. The molecule has 146 valence electrons. The van der Waals surface area contributed by atoms with Crippen LogP contribution in [0.2, 0.25) is 0 Å². The van der Waals surface area contributed by atoms with Gasteiger partial charge in [-0.15, -0.1) is 0 Å². The summed E-state index contributed by atoms with van der Waals surface area (Å²) >= 11 is 0. The van der Waals surface area contributed by atoms with Gasteiger partial charge < -0.3 is 14.8 Å². The molecule has 0 fully saturated rings. The van der Waals surface area contributed by atoms with Crippen molar-refractivity contribution in [3.63, 3.8) is 0 Å². The molecule has 0 bridgehead atoms. The molecule has 0 unspecified atom stereocenters. The van der Waals surface area contributed by atoms with Crippen LogP contribution in [0.1, 0.15) is 21.5 Å². The third-order valence-electron chi connectivity index (χ3n) is 4.45. The van der Waals surface area contributed by atoms with Gasteiger partial charge in [0.2, 0.25) is 5.43 Å². The average Bonchev–Trinajstić information content (AvgIpc) is 2.63. The van der Waals surface area contributed by atoms with Gasteiger partial charge in [-0.25, -0.2) is 13.2 Å². The van der Waals surface area contributed by atoms with Crippen molar-refractivity contribution in [2.75, 3.05) is 12.9 Å². The Kier molecular flexibility index (Phi) is 5.35. The topological polar surface area (TPSA) is 114 Å². The average molecular weight is 401 g/mol. The third-order valence-corrected chi connectivity index (χ3v) is 5.56. The smallest absolute Gasteiger partial charge is 0.341 e.